The second kappa shape index (κ2) is 17.4. The Morgan fingerprint density at radius 3 is 2.35 bits per heavy atom. The van der Waals surface area contributed by atoms with Crippen LogP contribution < -0.4 is 24.8 Å². The molecule has 0 spiro atoms. The van der Waals surface area contributed by atoms with Gasteiger partial charge in [0.05, 0.1) is 40.7 Å². The third-order valence-corrected chi connectivity index (χ3v) is 12.3. The summed E-state index contributed by atoms with van der Waals surface area (Å²) in [6.07, 6.45) is 0.00982. The Morgan fingerprint density at radius 1 is 1.02 bits per heavy atom. The Bertz CT molecular complexity index is 2450. The van der Waals surface area contributed by atoms with Gasteiger partial charge in [0.1, 0.15) is 11.3 Å². The zero-order chi connectivity index (χ0) is 44.7. The molecule has 1 aromatic heterocycles. The summed E-state index contributed by atoms with van der Waals surface area (Å²) >= 11 is 5.65. The van der Waals surface area contributed by atoms with E-state index >= 15 is 0 Å². The van der Waals surface area contributed by atoms with Crippen LogP contribution in [0, 0.1) is 17.2 Å². The third kappa shape index (κ3) is 8.71. The Kier molecular flexibility index (Phi) is 12.4. The lowest BCUT2D eigenvalue weighted by Gasteiger charge is -2.34. The number of thiocarbonyl (C=S) groups is 1. The number of aromatic nitrogens is 1. The number of likely N-dealkylation sites (tertiary alicyclic amines) is 1. The summed E-state index contributed by atoms with van der Waals surface area (Å²) in [7, 11) is 1.82. The van der Waals surface area contributed by atoms with Crippen LogP contribution in [0.15, 0.2) is 66.9 Å². The molecule has 62 heavy (non-hydrogen) atoms. The number of amides is 5. The van der Waals surface area contributed by atoms with Crippen LogP contribution in [-0.2, 0) is 15.8 Å². The second-order valence-corrected chi connectivity index (χ2v) is 17.2. The van der Waals surface area contributed by atoms with E-state index in [-0.39, 0.29) is 41.6 Å². The standard InChI is InChI=1S/C45H49F3N8O5S/c1-28(2)53-20-15-35-37(53)23-31(24-38(35)54-21-16-39(57)50-42(54)60)40(58)51(5)27-29-13-18-52(19-14-29)17-6-22-61-34-11-9-32(10-12-34)56-43(62)55(41(59)44(56,3)4)33-8-7-30(26-49)36(25-33)45(46,47)48/h7-12,15,20,23-25,28-29H,6,13-14,16-19,21-22,27H2,1-5H3,(H,50,57,60). The van der Waals surface area contributed by atoms with Crippen molar-refractivity contribution in [2.75, 3.05) is 61.1 Å². The molecule has 0 radical (unpaired) electrons. The van der Waals surface area contributed by atoms with Gasteiger partial charge < -0.3 is 24.0 Å². The van der Waals surface area contributed by atoms with E-state index in [4.69, 9.17) is 17.0 Å². The summed E-state index contributed by atoms with van der Waals surface area (Å²) in [6.45, 7) is 11.4. The second-order valence-electron chi connectivity index (χ2n) is 16.8. The Hall–Kier alpha value is -5.99. The van der Waals surface area contributed by atoms with Crippen molar-refractivity contribution in [3.05, 3.63) is 83.6 Å². The smallest absolute Gasteiger partial charge is 0.417 e. The van der Waals surface area contributed by atoms with Crippen molar-refractivity contribution in [2.24, 2.45) is 5.92 Å². The van der Waals surface area contributed by atoms with E-state index in [1.807, 2.05) is 25.4 Å². The molecule has 0 aliphatic carbocycles. The predicted octanol–water partition coefficient (Wildman–Crippen LogP) is 7.73. The zero-order valence-corrected chi connectivity index (χ0v) is 36.1. The summed E-state index contributed by atoms with van der Waals surface area (Å²) < 4.78 is 49.3. The predicted molar refractivity (Wildman–Crippen MR) is 233 cm³/mol. The number of urea groups is 1. The van der Waals surface area contributed by atoms with E-state index in [9.17, 15) is 37.6 Å². The van der Waals surface area contributed by atoms with Crippen LogP contribution >= 0.6 is 12.2 Å². The van der Waals surface area contributed by atoms with Gasteiger partial charge in [-0.3, -0.25) is 29.5 Å². The first-order valence-electron chi connectivity index (χ1n) is 20.7. The van der Waals surface area contributed by atoms with Crippen molar-refractivity contribution in [1.82, 2.24) is 19.7 Å². The van der Waals surface area contributed by atoms with E-state index in [0.717, 1.165) is 66.8 Å². The molecular weight excluding hydrogens is 822 g/mol. The molecule has 4 aromatic rings. The van der Waals surface area contributed by atoms with Gasteiger partial charge in [0.25, 0.3) is 11.8 Å². The van der Waals surface area contributed by atoms with E-state index < -0.39 is 34.8 Å². The lowest BCUT2D eigenvalue weighted by molar-refractivity contribution is -0.137. The highest BCUT2D eigenvalue weighted by Crippen LogP contribution is 2.40. The monoisotopic (exact) mass is 870 g/mol. The number of hydrogen-bond acceptors (Lipinski definition) is 8. The lowest BCUT2D eigenvalue weighted by Crippen LogP contribution is -2.49. The molecular formula is C45H49F3N8O5S. The number of ether oxygens (including phenoxy) is 1. The van der Waals surface area contributed by atoms with Crippen molar-refractivity contribution in [3.63, 3.8) is 0 Å². The van der Waals surface area contributed by atoms with Crippen LogP contribution in [0.1, 0.15) is 80.9 Å². The maximum Gasteiger partial charge on any atom is 0.417 e. The molecule has 0 atom stereocenters. The Morgan fingerprint density at radius 2 is 1.71 bits per heavy atom. The zero-order valence-electron chi connectivity index (χ0n) is 35.3. The normalized spacial score (nSPS) is 17.6. The number of rotatable bonds is 12. The molecule has 326 valence electrons. The van der Waals surface area contributed by atoms with Gasteiger partial charge >= 0.3 is 12.2 Å². The van der Waals surface area contributed by atoms with Crippen LogP contribution in [0.25, 0.3) is 10.9 Å². The Labute approximate surface area is 363 Å². The van der Waals surface area contributed by atoms with Gasteiger partial charge in [-0.15, -0.1) is 0 Å². The lowest BCUT2D eigenvalue weighted by atomic mass is 9.96. The van der Waals surface area contributed by atoms with Crippen LogP contribution in [-0.4, -0.2) is 95.1 Å². The molecule has 0 unspecified atom stereocenters. The highest BCUT2D eigenvalue weighted by atomic mass is 32.1. The number of halogens is 3. The first kappa shape index (κ1) is 44.1. The number of alkyl halides is 3. The minimum atomic E-state index is -4.79. The molecule has 3 aliphatic rings. The molecule has 13 nitrogen and oxygen atoms in total. The number of carbonyl (C=O) groups is 4. The molecule has 5 amide bonds. The molecule has 4 heterocycles. The van der Waals surface area contributed by atoms with E-state index in [0.29, 0.717) is 41.8 Å². The fourth-order valence-electron chi connectivity index (χ4n) is 8.55. The minimum Gasteiger partial charge on any atom is -0.494 e. The van der Waals surface area contributed by atoms with Gasteiger partial charge in [-0.05, 0) is 139 Å². The highest BCUT2D eigenvalue weighted by molar-refractivity contribution is 7.81. The molecule has 0 bridgehead atoms. The number of nitrogens with one attached hydrogen (secondary N) is 1. The molecule has 1 N–H and O–H groups in total. The van der Waals surface area contributed by atoms with Gasteiger partial charge in [0, 0.05) is 62.0 Å². The molecule has 17 heteroatoms. The van der Waals surface area contributed by atoms with Gasteiger partial charge in [-0.25, -0.2) is 4.79 Å². The van der Waals surface area contributed by atoms with Crippen molar-refractivity contribution < 1.29 is 37.1 Å². The molecule has 3 fully saturated rings. The topological polar surface area (TPSA) is 134 Å². The van der Waals surface area contributed by atoms with Gasteiger partial charge in [0.15, 0.2) is 5.11 Å². The molecule has 3 aliphatic heterocycles. The number of hydrogen-bond donors (Lipinski definition) is 1. The van der Waals surface area contributed by atoms with Crippen LogP contribution in [0.5, 0.6) is 5.75 Å². The minimum absolute atomic E-state index is 0.0162. The highest BCUT2D eigenvalue weighted by Gasteiger charge is 2.50. The SMILES string of the molecule is CC(C)n1ccc2c(N3CCC(=O)NC3=O)cc(C(=O)N(C)CC3CCN(CCCOc4ccc(N5C(=S)N(c6ccc(C#N)c(C(F)(F)F)c6)C(=O)C5(C)C)cc4)CC3)cc21. The van der Waals surface area contributed by atoms with E-state index in [1.165, 1.54) is 11.0 Å². The van der Waals surface area contributed by atoms with Crippen LogP contribution in [0.4, 0.5) is 35.0 Å². The molecule has 7 rings (SSSR count). The fourth-order valence-corrected chi connectivity index (χ4v) is 9.07. The first-order valence-corrected chi connectivity index (χ1v) is 21.1. The number of benzene rings is 3. The molecule has 0 saturated carbocycles. The number of nitrogens with zero attached hydrogens (tertiary/aromatic N) is 7. The largest absolute Gasteiger partial charge is 0.494 e. The average Bonchev–Trinajstić information content (AvgIpc) is 3.74. The number of piperidine rings is 1. The number of nitriles is 1. The van der Waals surface area contributed by atoms with E-state index in [2.05, 4.69) is 28.6 Å². The van der Waals surface area contributed by atoms with Crippen molar-refractivity contribution >= 4 is 69.0 Å². The van der Waals surface area contributed by atoms with Gasteiger partial charge in [-0.1, -0.05) is 0 Å². The van der Waals surface area contributed by atoms with E-state index in [1.54, 1.807) is 60.0 Å². The van der Waals surface area contributed by atoms with Crippen molar-refractivity contribution in [2.45, 2.75) is 71.1 Å². The molecule has 3 aromatic carbocycles. The summed E-state index contributed by atoms with van der Waals surface area (Å²) in [5.41, 5.74) is -0.444. The number of anilines is 3. The average molecular weight is 871 g/mol. The van der Waals surface area contributed by atoms with Crippen molar-refractivity contribution in [1.29, 1.82) is 5.26 Å². The van der Waals surface area contributed by atoms with Crippen LogP contribution in [0.2, 0.25) is 0 Å². The van der Waals surface area contributed by atoms with Gasteiger partial charge in [0.2, 0.25) is 5.91 Å². The summed E-state index contributed by atoms with van der Waals surface area (Å²) in [5.74, 6) is -0.000548. The number of fused-ring (bicyclic) bond motifs is 1. The summed E-state index contributed by atoms with van der Waals surface area (Å²) in [6, 6.07) is 16.9. The van der Waals surface area contributed by atoms with Crippen molar-refractivity contribution in [3.8, 4) is 11.8 Å². The third-order valence-electron chi connectivity index (χ3n) is 11.9. The fraction of sp³-hybridized carbons (Fsp3) is 0.422. The summed E-state index contributed by atoms with van der Waals surface area (Å²) in [5, 5.41) is 12.5. The summed E-state index contributed by atoms with van der Waals surface area (Å²) in [4.78, 5) is 60.6. The Balaban J connectivity index is 0.897. The number of carbonyl (C=O) groups excluding carboxylic acids is 4. The maximum absolute atomic E-state index is 13.9. The van der Waals surface area contributed by atoms with Crippen LogP contribution in [0.3, 0.4) is 0 Å². The molecule has 3 saturated heterocycles. The first-order chi connectivity index (χ1) is 29.4. The maximum atomic E-state index is 13.9. The number of imide groups is 1. The quantitative estimate of drug-likeness (QED) is 0.112. The van der Waals surface area contributed by atoms with Gasteiger partial charge in [-0.2, -0.15) is 18.4 Å².